The molecule has 0 bridgehead atoms. The molecule has 2 N–H and O–H groups in total. The molecule has 0 aliphatic carbocycles. The molecular weight excluding hydrogens is 299 g/mol. The Morgan fingerprint density at radius 2 is 2.09 bits per heavy atom. The predicted molar refractivity (Wildman–Crippen MR) is 81.1 cm³/mol. The van der Waals surface area contributed by atoms with E-state index in [2.05, 4.69) is 20.4 Å². The van der Waals surface area contributed by atoms with Gasteiger partial charge in [-0.25, -0.2) is 4.39 Å². The molecule has 0 radical (unpaired) electrons. The molecule has 0 unspecified atom stereocenters. The number of benzene rings is 1. The van der Waals surface area contributed by atoms with Crippen molar-refractivity contribution < 1.29 is 13.7 Å². The topological polar surface area (TPSA) is 83.8 Å². The molecule has 0 saturated heterocycles. The second-order valence-electron chi connectivity index (χ2n) is 4.96. The van der Waals surface area contributed by atoms with Crippen molar-refractivity contribution >= 4 is 5.91 Å². The molecule has 0 aliphatic heterocycles. The molecule has 1 amide bonds. The Balaban J connectivity index is 1.48. The zero-order valence-corrected chi connectivity index (χ0v) is 12.3. The van der Waals surface area contributed by atoms with Crippen LogP contribution in [0.25, 0.3) is 11.4 Å². The van der Waals surface area contributed by atoms with Crippen LogP contribution >= 0.6 is 0 Å². The fourth-order valence-electron chi connectivity index (χ4n) is 2.08. The highest BCUT2D eigenvalue weighted by Gasteiger charge is 2.09. The van der Waals surface area contributed by atoms with Gasteiger partial charge in [0, 0.05) is 24.7 Å². The van der Waals surface area contributed by atoms with Crippen LogP contribution in [0.3, 0.4) is 0 Å². The van der Waals surface area contributed by atoms with Gasteiger partial charge in [0.2, 0.25) is 11.7 Å². The van der Waals surface area contributed by atoms with Gasteiger partial charge in [0.1, 0.15) is 11.5 Å². The molecule has 7 heteroatoms. The number of carbonyl (C=O) groups excluding carboxylic acids is 1. The Labute approximate surface area is 131 Å². The summed E-state index contributed by atoms with van der Waals surface area (Å²) in [5, 5.41) is 6.67. The summed E-state index contributed by atoms with van der Waals surface area (Å²) in [5.74, 6) is 0.455. The van der Waals surface area contributed by atoms with Gasteiger partial charge in [0.05, 0.1) is 0 Å². The molecular formula is C16H15FN4O2. The number of amides is 1. The minimum atomic E-state index is -0.310. The monoisotopic (exact) mass is 314 g/mol. The lowest BCUT2D eigenvalue weighted by Gasteiger charge is -2.01. The van der Waals surface area contributed by atoms with Gasteiger partial charge >= 0.3 is 0 Å². The lowest BCUT2D eigenvalue weighted by molar-refractivity contribution is 0.0948. The molecule has 0 atom stereocenters. The average molecular weight is 314 g/mol. The van der Waals surface area contributed by atoms with Crippen LogP contribution in [0.15, 0.2) is 47.1 Å². The molecule has 1 aromatic carbocycles. The molecule has 3 rings (SSSR count). The first-order valence-corrected chi connectivity index (χ1v) is 7.22. The maximum absolute atomic E-state index is 12.9. The van der Waals surface area contributed by atoms with E-state index in [0.29, 0.717) is 42.4 Å². The SMILES string of the molecule is O=C(NCCCc1nc(-c2ccc(F)cc2)no1)c1ccc[nH]1. The minimum absolute atomic E-state index is 0.146. The summed E-state index contributed by atoms with van der Waals surface area (Å²) >= 11 is 0. The molecule has 3 aromatic rings. The second-order valence-corrected chi connectivity index (χ2v) is 4.96. The third kappa shape index (κ3) is 3.82. The maximum atomic E-state index is 12.9. The Morgan fingerprint density at radius 1 is 1.26 bits per heavy atom. The van der Waals surface area contributed by atoms with Crippen LogP contribution in [0.5, 0.6) is 0 Å². The standard InChI is InChI=1S/C16H15FN4O2/c17-12-7-5-11(6-8-12)15-20-14(23-21-15)4-2-10-19-16(22)13-3-1-9-18-13/h1,3,5-9,18H,2,4,10H2,(H,19,22). The molecule has 0 saturated carbocycles. The van der Waals surface area contributed by atoms with Gasteiger partial charge in [-0.05, 0) is 42.8 Å². The highest BCUT2D eigenvalue weighted by Crippen LogP contribution is 2.16. The number of hydrogen-bond donors (Lipinski definition) is 2. The van der Waals surface area contributed by atoms with E-state index >= 15 is 0 Å². The summed E-state index contributed by atoms with van der Waals surface area (Å²) in [6.45, 7) is 0.506. The summed E-state index contributed by atoms with van der Waals surface area (Å²) in [4.78, 5) is 18.8. The van der Waals surface area contributed by atoms with Gasteiger partial charge in [-0.1, -0.05) is 5.16 Å². The number of carbonyl (C=O) groups is 1. The number of nitrogens with zero attached hydrogens (tertiary/aromatic N) is 2. The summed E-state index contributed by atoms with van der Waals surface area (Å²) in [6, 6.07) is 9.37. The quantitative estimate of drug-likeness (QED) is 0.685. The van der Waals surface area contributed by atoms with Gasteiger partial charge in [-0.3, -0.25) is 4.79 Å². The van der Waals surface area contributed by atoms with Crippen LogP contribution in [0.4, 0.5) is 4.39 Å². The second kappa shape index (κ2) is 6.87. The third-order valence-corrected chi connectivity index (χ3v) is 3.27. The van der Waals surface area contributed by atoms with Crippen LogP contribution in [0, 0.1) is 5.82 Å². The van der Waals surface area contributed by atoms with Crippen LogP contribution in [-0.4, -0.2) is 27.6 Å². The first kappa shape index (κ1) is 15.0. The van der Waals surface area contributed by atoms with Gasteiger partial charge in [0.25, 0.3) is 5.91 Å². The zero-order valence-electron chi connectivity index (χ0n) is 12.3. The smallest absolute Gasteiger partial charge is 0.267 e. The van der Waals surface area contributed by atoms with Crippen molar-refractivity contribution in [1.82, 2.24) is 20.4 Å². The highest BCUT2D eigenvalue weighted by molar-refractivity contribution is 5.92. The van der Waals surface area contributed by atoms with Crippen molar-refractivity contribution in [3.8, 4) is 11.4 Å². The average Bonchev–Trinajstić information content (AvgIpc) is 3.24. The largest absolute Gasteiger partial charge is 0.357 e. The van der Waals surface area contributed by atoms with E-state index < -0.39 is 0 Å². The minimum Gasteiger partial charge on any atom is -0.357 e. The number of nitrogens with one attached hydrogen (secondary N) is 2. The van der Waals surface area contributed by atoms with Gasteiger partial charge in [0.15, 0.2) is 0 Å². The van der Waals surface area contributed by atoms with Crippen molar-refractivity contribution in [2.75, 3.05) is 6.54 Å². The van der Waals surface area contributed by atoms with E-state index in [4.69, 9.17) is 4.52 Å². The van der Waals surface area contributed by atoms with Crippen LogP contribution in [0.2, 0.25) is 0 Å². The molecule has 6 nitrogen and oxygen atoms in total. The number of aryl methyl sites for hydroxylation is 1. The third-order valence-electron chi connectivity index (χ3n) is 3.27. The van der Waals surface area contributed by atoms with E-state index in [1.54, 1.807) is 30.5 Å². The number of halogens is 1. The number of aromatic amines is 1. The van der Waals surface area contributed by atoms with E-state index in [9.17, 15) is 9.18 Å². The lowest BCUT2D eigenvalue weighted by atomic mass is 10.2. The highest BCUT2D eigenvalue weighted by atomic mass is 19.1. The number of rotatable bonds is 6. The summed E-state index contributed by atoms with van der Waals surface area (Å²) in [6.07, 6.45) is 2.93. The molecule has 0 spiro atoms. The van der Waals surface area contributed by atoms with E-state index in [1.807, 2.05) is 0 Å². The first-order chi connectivity index (χ1) is 11.2. The Hall–Kier alpha value is -2.96. The Bertz CT molecular complexity index is 766. The Kier molecular flexibility index (Phi) is 4.46. The summed E-state index contributed by atoms with van der Waals surface area (Å²) < 4.78 is 18.0. The predicted octanol–water partition coefficient (Wildman–Crippen LogP) is 2.57. The number of hydrogen-bond acceptors (Lipinski definition) is 4. The first-order valence-electron chi connectivity index (χ1n) is 7.22. The molecule has 23 heavy (non-hydrogen) atoms. The molecule has 0 fully saturated rings. The van der Waals surface area contributed by atoms with Crippen molar-refractivity contribution in [1.29, 1.82) is 0 Å². The van der Waals surface area contributed by atoms with Crippen molar-refractivity contribution in [2.45, 2.75) is 12.8 Å². The van der Waals surface area contributed by atoms with Gasteiger partial charge in [-0.15, -0.1) is 0 Å². The summed E-state index contributed by atoms with van der Waals surface area (Å²) in [5.41, 5.74) is 1.22. The molecule has 2 heterocycles. The normalized spacial score (nSPS) is 10.7. The maximum Gasteiger partial charge on any atom is 0.267 e. The van der Waals surface area contributed by atoms with Crippen molar-refractivity contribution in [3.05, 3.63) is 60.0 Å². The summed E-state index contributed by atoms with van der Waals surface area (Å²) in [7, 11) is 0. The lowest BCUT2D eigenvalue weighted by Crippen LogP contribution is -2.25. The molecule has 0 aliphatic rings. The van der Waals surface area contributed by atoms with Gasteiger partial charge < -0.3 is 14.8 Å². The Morgan fingerprint density at radius 3 is 2.83 bits per heavy atom. The fourth-order valence-corrected chi connectivity index (χ4v) is 2.08. The van der Waals surface area contributed by atoms with Gasteiger partial charge in [-0.2, -0.15) is 4.98 Å². The van der Waals surface area contributed by atoms with E-state index in [0.717, 1.165) is 0 Å². The number of aromatic nitrogens is 3. The fraction of sp³-hybridized carbons (Fsp3) is 0.188. The molecule has 2 aromatic heterocycles. The molecule has 118 valence electrons. The van der Waals surface area contributed by atoms with Crippen molar-refractivity contribution in [3.63, 3.8) is 0 Å². The van der Waals surface area contributed by atoms with E-state index in [1.165, 1.54) is 12.1 Å². The van der Waals surface area contributed by atoms with Crippen LogP contribution in [-0.2, 0) is 6.42 Å². The number of H-pyrrole nitrogens is 1. The van der Waals surface area contributed by atoms with Crippen LogP contribution < -0.4 is 5.32 Å². The zero-order chi connectivity index (χ0) is 16.1. The van der Waals surface area contributed by atoms with Crippen LogP contribution in [0.1, 0.15) is 22.8 Å². The van der Waals surface area contributed by atoms with Crippen molar-refractivity contribution in [2.24, 2.45) is 0 Å². The van der Waals surface area contributed by atoms with E-state index in [-0.39, 0.29) is 11.7 Å².